The molecule has 3 aromatic heterocycles. The molecule has 27 heavy (non-hydrogen) atoms. The molecular formula is C19H21N7S. The van der Waals surface area contributed by atoms with Crippen LogP contribution in [0.2, 0.25) is 0 Å². The summed E-state index contributed by atoms with van der Waals surface area (Å²) in [4.78, 5) is 17.0. The van der Waals surface area contributed by atoms with Crippen molar-refractivity contribution in [3.63, 3.8) is 0 Å². The van der Waals surface area contributed by atoms with Crippen LogP contribution in [0.5, 0.6) is 0 Å². The summed E-state index contributed by atoms with van der Waals surface area (Å²) in [5.41, 5.74) is 3.19. The van der Waals surface area contributed by atoms with Gasteiger partial charge in [-0.25, -0.2) is 9.97 Å². The van der Waals surface area contributed by atoms with Gasteiger partial charge < -0.3 is 20.1 Å². The van der Waals surface area contributed by atoms with Gasteiger partial charge in [0.05, 0.1) is 17.6 Å². The molecule has 0 saturated carbocycles. The molecule has 0 unspecified atom stereocenters. The maximum Gasteiger partial charge on any atom is 0.230 e. The second-order valence-corrected chi connectivity index (χ2v) is 7.44. The van der Waals surface area contributed by atoms with Gasteiger partial charge >= 0.3 is 0 Å². The van der Waals surface area contributed by atoms with E-state index < -0.39 is 0 Å². The zero-order valence-electron chi connectivity index (χ0n) is 15.0. The molecule has 0 spiro atoms. The number of rotatable bonds is 3. The van der Waals surface area contributed by atoms with Crippen molar-refractivity contribution in [1.29, 1.82) is 0 Å². The third-order valence-corrected chi connectivity index (χ3v) is 5.59. The fourth-order valence-corrected chi connectivity index (χ4v) is 4.08. The number of hydrogen-bond acceptors (Lipinski definition) is 7. The summed E-state index contributed by atoms with van der Waals surface area (Å²) >= 11 is 5.50. The van der Waals surface area contributed by atoms with Gasteiger partial charge in [-0.05, 0) is 31.0 Å². The van der Waals surface area contributed by atoms with Crippen molar-refractivity contribution >= 4 is 45.6 Å². The molecule has 0 amide bonds. The van der Waals surface area contributed by atoms with E-state index in [1.165, 1.54) is 0 Å². The number of nitrogens with one attached hydrogen (secondary N) is 2. The SMILES string of the molecule is S=C1CCCn2c1cc1cnc(Nc3ccc(N4CCNCC4)cn3)nc12. The lowest BCUT2D eigenvalue weighted by molar-refractivity contribution is 0.589. The van der Waals surface area contributed by atoms with Crippen LogP contribution in [-0.2, 0) is 6.54 Å². The van der Waals surface area contributed by atoms with E-state index in [9.17, 15) is 0 Å². The quantitative estimate of drug-likeness (QED) is 0.678. The van der Waals surface area contributed by atoms with Crippen molar-refractivity contribution < 1.29 is 0 Å². The third-order valence-electron chi connectivity index (χ3n) is 5.18. The monoisotopic (exact) mass is 379 g/mol. The Labute approximate surface area is 162 Å². The van der Waals surface area contributed by atoms with Crippen LogP contribution in [0.3, 0.4) is 0 Å². The molecule has 2 aliphatic rings. The van der Waals surface area contributed by atoms with Gasteiger partial charge in [0, 0.05) is 49.2 Å². The Morgan fingerprint density at radius 3 is 2.78 bits per heavy atom. The molecule has 0 bridgehead atoms. The van der Waals surface area contributed by atoms with Crippen LogP contribution in [0.4, 0.5) is 17.5 Å². The molecule has 7 nitrogen and oxygen atoms in total. The van der Waals surface area contributed by atoms with Gasteiger partial charge in [0.15, 0.2) is 0 Å². The van der Waals surface area contributed by atoms with Crippen LogP contribution in [0.1, 0.15) is 18.5 Å². The molecule has 5 rings (SSSR count). The lowest BCUT2D eigenvalue weighted by Crippen LogP contribution is -2.43. The van der Waals surface area contributed by atoms with Gasteiger partial charge in [-0.3, -0.25) is 0 Å². The average Bonchev–Trinajstić information content (AvgIpc) is 3.09. The number of aryl methyl sites for hydroxylation is 1. The first-order valence-electron chi connectivity index (χ1n) is 9.36. The number of thiocarbonyl (C=S) groups is 1. The van der Waals surface area contributed by atoms with Crippen LogP contribution in [-0.4, -0.2) is 50.6 Å². The Morgan fingerprint density at radius 1 is 1.07 bits per heavy atom. The standard InChI is InChI=1S/C19H21N7S/c27-16-2-1-7-26-15(16)10-13-11-22-19(24-18(13)26)23-17-4-3-14(12-21-17)25-8-5-20-6-9-25/h3-4,10-12,20H,1-2,5-9H2,(H,21,22,23,24). The summed E-state index contributed by atoms with van der Waals surface area (Å²) in [6.07, 6.45) is 5.81. The number of nitrogens with zero attached hydrogens (tertiary/aromatic N) is 5. The van der Waals surface area contributed by atoms with Gasteiger partial charge in [0.1, 0.15) is 11.5 Å². The lowest BCUT2D eigenvalue weighted by Gasteiger charge is -2.29. The number of aromatic nitrogens is 4. The predicted octanol–water partition coefficient (Wildman–Crippen LogP) is 2.49. The highest BCUT2D eigenvalue weighted by Crippen LogP contribution is 2.25. The third kappa shape index (κ3) is 3.15. The summed E-state index contributed by atoms with van der Waals surface area (Å²) in [5, 5.41) is 7.62. The molecule has 0 aliphatic carbocycles. The molecule has 0 radical (unpaired) electrons. The summed E-state index contributed by atoms with van der Waals surface area (Å²) in [7, 11) is 0. The van der Waals surface area contributed by atoms with Crippen molar-refractivity contribution in [1.82, 2.24) is 24.8 Å². The molecule has 2 N–H and O–H groups in total. The first kappa shape index (κ1) is 16.6. The fourth-order valence-electron chi connectivity index (χ4n) is 3.77. The van der Waals surface area contributed by atoms with Gasteiger partial charge in [-0.1, -0.05) is 12.2 Å². The highest BCUT2D eigenvalue weighted by molar-refractivity contribution is 7.80. The highest BCUT2D eigenvalue weighted by atomic mass is 32.1. The van der Waals surface area contributed by atoms with Crippen molar-refractivity contribution in [2.24, 2.45) is 0 Å². The van der Waals surface area contributed by atoms with E-state index in [-0.39, 0.29) is 0 Å². The highest BCUT2D eigenvalue weighted by Gasteiger charge is 2.18. The van der Waals surface area contributed by atoms with Crippen molar-refractivity contribution in [3.05, 3.63) is 36.3 Å². The largest absolute Gasteiger partial charge is 0.368 e. The molecule has 8 heteroatoms. The second-order valence-electron chi connectivity index (χ2n) is 6.94. The Bertz CT molecular complexity index is 989. The molecular weight excluding hydrogens is 358 g/mol. The maximum atomic E-state index is 5.50. The Morgan fingerprint density at radius 2 is 1.96 bits per heavy atom. The first-order valence-corrected chi connectivity index (χ1v) is 9.77. The number of anilines is 3. The van der Waals surface area contributed by atoms with Crippen LogP contribution in [0.15, 0.2) is 30.6 Å². The number of pyridine rings is 1. The average molecular weight is 379 g/mol. The minimum Gasteiger partial charge on any atom is -0.368 e. The summed E-state index contributed by atoms with van der Waals surface area (Å²) in [5.74, 6) is 1.30. The molecule has 2 aliphatic heterocycles. The topological polar surface area (TPSA) is 70.9 Å². The van der Waals surface area contributed by atoms with Crippen LogP contribution >= 0.6 is 12.2 Å². The number of hydrogen-bond donors (Lipinski definition) is 2. The predicted molar refractivity (Wildman–Crippen MR) is 111 cm³/mol. The van der Waals surface area contributed by atoms with Crippen molar-refractivity contribution in [2.45, 2.75) is 19.4 Å². The van der Waals surface area contributed by atoms with Gasteiger partial charge in [-0.15, -0.1) is 0 Å². The zero-order valence-corrected chi connectivity index (χ0v) is 15.8. The first-order chi connectivity index (χ1) is 13.3. The fraction of sp³-hybridized carbons (Fsp3) is 0.368. The molecule has 0 atom stereocenters. The summed E-state index contributed by atoms with van der Waals surface area (Å²) in [6.45, 7) is 5.00. The molecule has 1 saturated heterocycles. The Kier molecular flexibility index (Phi) is 4.21. The smallest absolute Gasteiger partial charge is 0.230 e. The second kappa shape index (κ2) is 6.86. The van der Waals surface area contributed by atoms with Gasteiger partial charge in [0.2, 0.25) is 5.95 Å². The molecule has 5 heterocycles. The van der Waals surface area contributed by atoms with E-state index >= 15 is 0 Å². The van der Waals surface area contributed by atoms with E-state index in [4.69, 9.17) is 17.2 Å². The molecule has 3 aromatic rings. The number of fused-ring (bicyclic) bond motifs is 3. The van der Waals surface area contributed by atoms with E-state index in [2.05, 4.69) is 42.2 Å². The van der Waals surface area contributed by atoms with Crippen molar-refractivity contribution in [3.8, 4) is 0 Å². The zero-order chi connectivity index (χ0) is 18.2. The van der Waals surface area contributed by atoms with E-state index in [0.29, 0.717) is 5.95 Å². The van der Waals surface area contributed by atoms with Gasteiger partial charge in [-0.2, -0.15) is 4.98 Å². The minimum atomic E-state index is 0.558. The van der Waals surface area contributed by atoms with Crippen molar-refractivity contribution in [2.75, 3.05) is 36.4 Å². The molecule has 138 valence electrons. The lowest BCUT2D eigenvalue weighted by atomic mass is 10.1. The minimum absolute atomic E-state index is 0.558. The van der Waals surface area contributed by atoms with Crippen LogP contribution < -0.4 is 15.5 Å². The van der Waals surface area contributed by atoms with E-state index in [1.54, 1.807) is 0 Å². The Hall–Kier alpha value is -2.58. The maximum absolute atomic E-state index is 5.50. The van der Waals surface area contributed by atoms with E-state index in [1.807, 2.05) is 18.5 Å². The molecule has 1 fully saturated rings. The van der Waals surface area contributed by atoms with Crippen LogP contribution in [0.25, 0.3) is 11.0 Å². The van der Waals surface area contributed by atoms with E-state index in [0.717, 1.165) is 78.7 Å². The van der Waals surface area contributed by atoms with Gasteiger partial charge in [0.25, 0.3) is 0 Å². The summed E-state index contributed by atoms with van der Waals surface area (Å²) in [6, 6.07) is 6.17. The summed E-state index contributed by atoms with van der Waals surface area (Å²) < 4.78 is 2.20. The normalized spacial score (nSPS) is 17.2. The van der Waals surface area contributed by atoms with Crippen LogP contribution in [0, 0.1) is 0 Å². The number of piperazine rings is 1. The molecule has 0 aromatic carbocycles. The Balaban J connectivity index is 1.38.